The van der Waals surface area contributed by atoms with Crippen molar-refractivity contribution in [3.8, 4) is 0 Å². The van der Waals surface area contributed by atoms with Crippen molar-refractivity contribution < 1.29 is 0 Å². The van der Waals surface area contributed by atoms with E-state index in [4.69, 9.17) is 11.6 Å². The van der Waals surface area contributed by atoms with Gasteiger partial charge in [-0.05, 0) is 6.42 Å². The number of unbranched alkanes of at least 4 members (excludes halogenated alkanes) is 13. The van der Waals surface area contributed by atoms with Crippen molar-refractivity contribution >= 4 is 63.0 Å². The molecule has 0 N–H and O–H groups in total. The Morgan fingerprint density at radius 1 is 0.500 bits per heavy atom. The van der Waals surface area contributed by atoms with E-state index < -0.39 is 0 Å². The maximum Gasteiger partial charge on any atom is 0.0223 e. The molecule has 0 atom stereocenters. The standard InChI is InChI=1S/C16H33Cl.K/c1-2-3-4-5-6-7-8-9-10-11-12-13-14-15-16-17;/h2-16H2,1H3;. The summed E-state index contributed by atoms with van der Waals surface area (Å²) >= 11 is 5.64. The summed E-state index contributed by atoms with van der Waals surface area (Å²) in [7, 11) is 0. The molecular weight excluding hydrogens is 267 g/mol. The molecule has 105 valence electrons. The molecule has 0 rings (SSSR count). The van der Waals surface area contributed by atoms with Crippen LogP contribution in [-0.2, 0) is 0 Å². The van der Waals surface area contributed by atoms with Crippen molar-refractivity contribution in [2.24, 2.45) is 0 Å². The van der Waals surface area contributed by atoms with Gasteiger partial charge in [0, 0.05) is 57.3 Å². The predicted molar refractivity (Wildman–Crippen MR) is 86.8 cm³/mol. The Balaban J connectivity index is 0. The molecule has 0 aromatic heterocycles. The van der Waals surface area contributed by atoms with Crippen molar-refractivity contribution in [1.82, 2.24) is 0 Å². The van der Waals surface area contributed by atoms with Crippen LogP contribution < -0.4 is 0 Å². The van der Waals surface area contributed by atoms with Gasteiger partial charge < -0.3 is 0 Å². The van der Waals surface area contributed by atoms with Gasteiger partial charge in [-0.3, -0.25) is 0 Å². The average molecular weight is 300 g/mol. The number of halogens is 1. The zero-order valence-corrected chi connectivity index (χ0v) is 16.9. The fourth-order valence-electron chi connectivity index (χ4n) is 2.29. The van der Waals surface area contributed by atoms with E-state index in [2.05, 4.69) is 6.92 Å². The Morgan fingerprint density at radius 2 is 0.778 bits per heavy atom. The molecule has 0 aliphatic rings. The Bertz CT molecular complexity index is 114. The van der Waals surface area contributed by atoms with Crippen LogP contribution >= 0.6 is 11.6 Å². The summed E-state index contributed by atoms with van der Waals surface area (Å²) in [6, 6.07) is 0. The van der Waals surface area contributed by atoms with Gasteiger partial charge in [-0.2, -0.15) is 0 Å². The topological polar surface area (TPSA) is 0 Å². The second-order valence-corrected chi connectivity index (χ2v) is 5.66. The average Bonchev–Trinajstić information content (AvgIpc) is 2.35. The number of rotatable bonds is 14. The first-order valence-corrected chi connectivity index (χ1v) is 8.51. The minimum atomic E-state index is 0. The van der Waals surface area contributed by atoms with Crippen LogP contribution in [0, 0.1) is 0 Å². The molecule has 0 saturated carbocycles. The van der Waals surface area contributed by atoms with Gasteiger partial charge in [-0.25, -0.2) is 0 Å². The molecule has 0 unspecified atom stereocenters. The van der Waals surface area contributed by atoms with Gasteiger partial charge in [0.15, 0.2) is 0 Å². The number of alkyl halides is 1. The fraction of sp³-hybridized carbons (Fsp3) is 1.00. The predicted octanol–water partition coefficient (Wildman–Crippen LogP) is 6.33. The molecule has 0 nitrogen and oxygen atoms in total. The van der Waals surface area contributed by atoms with Gasteiger partial charge in [-0.1, -0.05) is 90.4 Å². The molecule has 0 amide bonds. The van der Waals surface area contributed by atoms with Crippen LogP contribution in [0.3, 0.4) is 0 Å². The zero-order valence-electron chi connectivity index (χ0n) is 13.0. The van der Waals surface area contributed by atoms with Crippen molar-refractivity contribution in [1.29, 1.82) is 0 Å². The van der Waals surface area contributed by atoms with Gasteiger partial charge in [0.1, 0.15) is 0 Å². The molecular formula is C16H33ClK. The third kappa shape index (κ3) is 20.2. The summed E-state index contributed by atoms with van der Waals surface area (Å²) in [6.45, 7) is 2.28. The Hall–Kier alpha value is 1.93. The van der Waals surface area contributed by atoms with E-state index in [1.54, 1.807) is 0 Å². The minimum Gasteiger partial charge on any atom is -0.127 e. The summed E-state index contributed by atoms with van der Waals surface area (Å²) in [5.74, 6) is 0.845. The zero-order chi connectivity index (χ0) is 12.6. The molecule has 2 heteroatoms. The molecule has 0 fully saturated rings. The van der Waals surface area contributed by atoms with Crippen LogP contribution in [0.25, 0.3) is 0 Å². The summed E-state index contributed by atoms with van der Waals surface area (Å²) in [5, 5.41) is 0. The summed E-state index contributed by atoms with van der Waals surface area (Å²) in [6.07, 6.45) is 19.8. The second-order valence-electron chi connectivity index (χ2n) is 5.29. The van der Waals surface area contributed by atoms with E-state index in [1.807, 2.05) is 0 Å². The molecule has 1 radical (unpaired) electrons. The van der Waals surface area contributed by atoms with Crippen LogP contribution in [0.5, 0.6) is 0 Å². The van der Waals surface area contributed by atoms with Crippen LogP contribution in [0.15, 0.2) is 0 Å². The van der Waals surface area contributed by atoms with Crippen LogP contribution in [0.4, 0.5) is 0 Å². The Kier molecular flexibility index (Phi) is 26.2. The molecule has 0 aromatic carbocycles. The summed E-state index contributed by atoms with van der Waals surface area (Å²) in [5.41, 5.74) is 0. The third-order valence-corrected chi connectivity index (χ3v) is 3.75. The first-order chi connectivity index (χ1) is 8.41. The van der Waals surface area contributed by atoms with Crippen molar-refractivity contribution in [2.45, 2.75) is 96.8 Å². The summed E-state index contributed by atoms with van der Waals surface area (Å²) < 4.78 is 0. The molecule has 0 saturated heterocycles. The summed E-state index contributed by atoms with van der Waals surface area (Å²) in [4.78, 5) is 0. The smallest absolute Gasteiger partial charge is 0.0223 e. The van der Waals surface area contributed by atoms with Crippen molar-refractivity contribution in [2.75, 3.05) is 5.88 Å². The minimum absolute atomic E-state index is 0. The maximum absolute atomic E-state index is 5.64. The molecule has 0 spiro atoms. The van der Waals surface area contributed by atoms with Crippen LogP contribution in [0.1, 0.15) is 96.8 Å². The van der Waals surface area contributed by atoms with Gasteiger partial charge in [0.2, 0.25) is 0 Å². The number of hydrogen-bond acceptors (Lipinski definition) is 0. The molecule has 0 aromatic rings. The molecule has 0 bridgehead atoms. The first kappa shape index (κ1) is 22.2. The largest absolute Gasteiger partial charge is 0.127 e. The molecule has 0 aliphatic carbocycles. The van der Waals surface area contributed by atoms with E-state index >= 15 is 0 Å². The van der Waals surface area contributed by atoms with Crippen LogP contribution in [-0.4, -0.2) is 57.3 Å². The van der Waals surface area contributed by atoms with Gasteiger partial charge in [-0.15, -0.1) is 11.6 Å². The monoisotopic (exact) mass is 299 g/mol. The van der Waals surface area contributed by atoms with E-state index in [9.17, 15) is 0 Å². The van der Waals surface area contributed by atoms with Crippen molar-refractivity contribution in [3.63, 3.8) is 0 Å². The van der Waals surface area contributed by atoms with Crippen molar-refractivity contribution in [3.05, 3.63) is 0 Å². The Labute approximate surface area is 163 Å². The van der Waals surface area contributed by atoms with E-state index in [-0.39, 0.29) is 51.4 Å². The quantitative estimate of drug-likeness (QED) is 0.200. The SMILES string of the molecule is CCCCCCCCCCCCCCCCCl.[K]. The maximum atomic E-state index is 5.64. The first-order valence-electron chi connectivity index (χ1n) is 7.97. The van der Waals surface area contributed by atoms with Gasteiger partial charge >= 0.3 is 0 Å². The fourth-order valence-corrected chi connectivity index (χ4v) is 2.48. The van der Waals surface area contributed by atoms with E-state index in [0.29, 0.717) is 0 Å². The Morgan fingerprint density at radius 3 is 1.06 bits per heavy atom. The molecule has 0 heterocycles. The molecule has 18 heavy (non-hydrogen) atoms. The van der Waals surface area contributed by atoms with E-state index in [0.717, 1.165) is 5.88 Å². The molecule has 0 aliphatic heterocycles. The van der Waals surface area contributed by atoms with Crippen LogP contribution in [0.2, 0.25) is 0 Å². The third-order valence-electron chi connectivity index (χ3n) is 3.49. The van der Waals surface area contributed by atoms with Gasteiger partial charge in [0.05, 0.1) is 0 Å². The normalized spacial score (nSPS) is 10.3. The second kappa shape index (κ2) is 21.2. The van der Waals surface area contributed by atoms with E-state index in [1.165, 1.54) is 89.9 Å². The van der Waals surface area contributed by atoms with Gasteiger partial charge in [0.25, 0.3) is 0 Å². The number of hydrogen-bond donors (Lipinski definition) is 0.